The summed E-state index contributed by atoms with van der Waals surface area (Å²) in [5, 5.41) is 9.22. The van der Waals surface area contributed by atoms with Gasteiger partial charge >= 0.3 is 5.97 Å². The van der Waals surface area contributed by atoms with Crippen LogP contribution in [0.25, 0.3) is 0 Å². The van der Waals surface area contributed by atoms with Gasteiger partial charge in [0.2, 0.25) is 0 Å². The maximum atomic E-state index is 12.6. The number of carbonyl (C=O) groups excluding carboxylic acids is 1. The third-order valence-electron chi connectivity index (χ3n) is 4.87. The molecule has 3 heterocycles. The van der Waals surface area contributed by atoms with Gasteiger partial charge in [0.05, 0.1) is 0 Å². The highest BCUT2D eigenvalue weighted by molar-refractivity contribution is 5.95. The Bertz CT molecular complexity index is 589. The van der Waals surface area contributed by atoms with E-state index in [-0.39, 0.29) is 11.7 Å². The SMILES string of the molecule is Cc1oc(C(=O)N2CCCC2C(=O)O)cc1CN1CCCCC1. The summed E-state index contributed by atoms with van der Waals surface area (Å²) in [6, 6.07) is 1.07. The molecule has 2 fully saturated rings. The quantitative estimate of drug-likeness (QED) is 0.921. The van der Waals surface area contributed by atoms with Crippen LogP contribution in [0.5, 0.6) is 0 Å². The van der Waals surface area contributed by atoms with Gasteiger partial charge in [-0.15, -0.1) is 0 Å². The summed E-state index contributed by atoms with van der Waals surface area (Å²) >= 11 is 0. The summed E-state index contributed by atoms with van der Waals surface area (Å²) in [5.74, 6) is -0.219. The van der Waals surface area contributed by atoms with Crippen molar-refractivity contribution in [2.24, 2.45) is 0 Å². The van der Waals surface area contributed by atoms with Crippen molar-refractivity contribution in [1.29, 1.82) is 0 Å². The number of furan rings is 1. The molecule has 0 radical (unpaired) electrons. The minimum atomic E-state index is -0.937. The van der Waals surface area contributed by atoms with E-state index in [0.717, 1.165) is 37.4 Å². The van der Waals surface area contributed by atoms with Crippen molar-refractivity contribution >= 4 is 11.9 Å². The van der Waals surface area contributed by atoms with Crippen LogP contribution >= 0.6 is 0 Å². The standard InChI is InChI=1S/C17H24N2O4/c1-12-13(11-18-7-3-2-4-8-18)10-15(23-12)16(20)19-9-5-6-14(19)17(21)22/h10,14H,2-9,11H2,1H3,(H,21,22). The minimum absolute atomic E-state index is 0.266. The van der Waals surface area contributed by atoms with E-state index in [9.17, 15) is 14.7 Å². The van der Waals surface area contributed by atoms with Crippen LogP contribution < -0.4 is 0 Å². The number of carboxylic acids is 1. The van der Waals surface area contributed by atoms with E-state index in [0.29, 0.717) is 13.0 Å². The predicted molar refractivity (Wildman–Crippen MR) is 84.3 cm³/mol. The Morgan fingerprint density at radius 3 is 2.65 bits per heavy atom. The van der Waals surface area contributed by atoms with E-state index in [4.69, 9.17) is 4.42 Å². The number of aliphatic carboxylic acids is 1. The predicted octanol–water partition coefficient (Wildman–Crippen LogP) is 2.26. The molecule has 1 N–H and O–H groups in total. The Hall–Kier alpha value is -1.82. The number of likely N-dealkylation sites (tertiary alicyclic amines) is 2. The van der Waals surface area contributed by atoms with Crippen molar-refractivity contribution in [3.63, 3.8) is 0 Å². The molecule has 126 valence electrons. The summed E-state index contributed by atoms with van der Waals surface area (Å²) in [4.78, 5) is 27.6. The summed E-state index contributed by atoms with van der Waals surface area (Å²) < 4.78 is 5.65. The maximum Gasteiger partial charge on any atom is 0.326 e. The van der Waals surface area contributed by atoms with Gasteiger partial charge in [0, 0.05) is 18.7 Å². The Morgan fingerprint density at radius 2 is 1.96 bits per heavy atom. The fourth-order valence-corrected chi connectivity index (χ4v) is 3.55. The van der Waals surface area contributed by atoms with Crippen molar-refractivity contribution in [1.82, 2.24) is 9.80 Å². The molecule has 0 saturated carbocycles. The van der Waals surface area contributed by atoms with Gasteiger partial charge in [-0.05, 0) is 51.8 Å². The highest BCUT2D eigenvalue weighted by Crippen LogP contribution is 2.24. The molecule has 6 nitrogen and oxygen atoms in total. The van der Waals surface area contributed by atoms with Crippen LogP contribution in [0.2, 0.25) is 0 Å². The molecule has 6 heteroatoms. The van der Waals surface area contributed by atoms with E-state index in [1.807, 2.05) is 6.92 Å². The molecular formula is C17H24N2O4. The van der Waals surface area contributed by atoms with Crippen LogP contribution in [-0.4, -0.2) is 52.5 Å². The monoisotopic (exact) mass is 320 g/mol. The van der Waals surface area contributed by atoms with Crippen molar-refractivity contribution < 1.29 is 19.1 Å². The second-order valence-corrected chi connectivity index (χ2v) is 6.52. The first-order valence-electron chi connectivity index (χ1n) is 8.41. The molecule has 2 aliphatic heterocycles. The highest BCUT2D eigenvalue weighted by atomic mass is 16.4. The fraction of sp³-hybridized carbons (Fsp3) is 0.647. The van der Waals surface area contributed by atoms with Gasteiger partial charge < -0.3 is 14.4 Å². The molecule has 2 aliphatic rings. The molecule has 0 bridgehead atoms. The summed E-state index contributed by atoms with van der Waals surface area (Å²) in [6.45, 7) is 5.32. The Morgan fingerprint density at radius 1 is 1.22 bits per heavy atom. The van der Waals surface area contributed by atoms with Gasteiger partial charge in [0.25, 0.3) is 5.91 Å². The second kappa shape index (κ2) is 6.74. The van der Waals surface area contributed by atoms with Gasteiger partial charge in [0.15, 0.2) is 5.76 Å². The first kappa shape index (κ1) is 16.1. The fourth-order valence-electron chi connectivity index (χ4n) is 3.55. The van der Waals surface area contributed by atoms with Crippen molar-refractivity contribution in [2.75, 3.05) is 19.6 Å². The number of rotatable bonds is 4. The zero-order chi connectivity index (χ0) is 16.4. The molecule has 1 amide bonds. The van der Waals surface area contributed by atoms with Crippen LogP contribution in [0.4, 0.5) is 0 Å². The zero-order valence-corrected chi connectivity index (χ0v) is 13.6. The molecule has 0 spiro atoms. The second-order valence-electron chi connectivity index (χ2n) is 6.52. The molecule has 1 unspecified atom stereocenters. The van der Waals surface area contributed by atoms with E-state index in [2.05, 4.69) is 4.90 Å². The zero-order valence-electron chi connectivity index (χ0n) is 13.6. The Labute approximate surface area is 136 Å². The Balaban J connectivity index is 1.71. The highest BCUT2D eigenvalue weighted by Gasteiger charge is 2.35. The molecule has 3 rings (SSSR count). The lowest BCUT2D eigenvalue weighted by Gasteiger charge is -2.25. The van der Waals surface area contributed by atoms with Crippen LogP contribution in [0.3, 0.4) is 0 Å². The molecule has 2 saturated heterocycles. The number of piperidine rings is 1. The van der Waals surface area contributed by atoms with Crippen molar-refractivity contribution in [3.8, 4) is 0 Å². The van der Waals surface area contributed by atoms with Crippen LogP contribution in [0, 0.1) is 6.92 Å². The van der Waals surface area contributed by atoms with Crippen molar-refractivity contribution in [2.45, 2.75) is 51.6 Å². The molecule has 1 atom stereocenters. The molecular weight excluding hydrogens is 296 g/mol. The molecule has 1 aromatic rings. The maximum absolute atomic E-state index is 12.6. The minimum Gasteiger partial charge on any atom is -0.480 e. The van der Waals surface area contributed by atoms with Gasteiger partial charge in [-0.1, -0.05) is 6.42 Å². The molecule has 23 heavy (non-hydrogen) atoms. The van der Waals surface area contributed by atoms with Gasteiger partial charge in [-0.3, -0.25) is 9.69 Å². The lowest BCUT2D eigenvalue weighted by molar-refractivity contribution is -0.141. The summed E-state index contributed by atoms with van der Waals surface area (Å²) in [5.41, 5.74) is 1.03. The number of hydrogen-bond acceptors (Lipinski definition) is 4. The molecule has 1 aromatic heterocycles. The van der Waals surface area contributed by atoms with E-state index >= 15 is 0 Å². The first-order valence-corrected chi connectivity index (χ1v) is 8.41. The molecule has 0 aliphatic carbocycles. The van der Waals surface area contributed by atoms with Crippen LogP contribution in [-0.2, 0) is 11.3 Å². The summed E-state index contributed by atoms with van der Waals surface area (Å²) in [6.07, 6.45) is 4.97. The number of amides is 1. The average Bonchev–Trinajstić information content (AvgIpc) is 3.15. The summed E-state index contributed by atoms with van der Waals surface area (Å²) in [7, 11) is 0. The van der Waals surface area contributed by atoms with Crippen molar-refractivity contribution in [3.05, 3.63) is 23.2 Å². The average molecular weight is 320 g/mol. The smallest absolute Gasteiger partial charge is 0.326 e. The van der Waals surface area contributed by atoms with Gasteiger partial charge in [-0.2, -0.15) is 0 Å². The number of carboxylic acid groups (broad SMARTS) is 1. The third kappa shape index (κ3) is 3.42. The number of aryl methyl sites for hydroxylation is 1. The van der Waals surface area contributed by atoms with E-state index < -0.39 is 12.0 Å². The van der Waals surface area contributed by atoms with Gasteiger partial charge in [-0.25, -0.2) is 4.79 Å². The number of nitrogens with zero attached hydrogens (tertiary/aromatic N) is 2. The van der Waals surface area contributed by atoms with Crippen LogP contribution in [0.15, 0.2) is 10.5 Å². The third-order valence-corrected chi connectivity index (χ3v) is 4.87. The first-order chi connectivity index (χ1) is 11.1. The molecule has 0 aromatic carbocycles. The Kier molecular flexibility index (Phi) is 4.71. The number of hydrogen-bond donors (Lipinski definition) is 1. The lowest BCUT2D eigenvalue weighted by Crippen LogP contribution is -2.40. The largest absolute Gasteiger partial charge is 0.480 e. The topological polar surface area (TPSA) is 74.0 Å². The lowest BCUT2D eigenvalue weighted by atomic mass is 10.1. The van der Waals surface area contributed by atoms with Crippen LogP contribution in [0.1, 0.15) is 54.0 Å². The van der Waals surface area contributed by atoms with E-state index in [1.54, 1.807) is 6.07 Å². The number of carbonyl (C=O) groups is 2. The normalized spacial score (nSPS) is 22.5. The van der Waals surface area contributed by atoms with E-state index in [1.165, 1.54) is 24.2 Å². The van der Waals surface area contributed by atoms with Gasteiger partial charge in [0.1, 0.15) is 11.8 Å².